The van der Waals surface area contributed by atoms with Crippen LogP contribution in [0.15, 0.2) is 54.6 Å². The highest BCUT2D eigenvalue weighted by atomic mass is 14.2. The van der Waals surface area contributed by atoms with Gasteiger partial charge in [0.25, 0.3) is 0 Å². The van der Waals surface area contributed by atoms with E-state index in [-0.39, 0.29) is 0 Å². The lowest BCUT2D eigenvalue weighted by Crippen LogP contribution is -2.10. The summed E-state index contributed by atoms with van der Waals surface area (Å²) in [5.41, 5.74) is 7.23. The maximum absolute atomic E-state index is 2.52. The molecule has 2 aromatic rings. The fourth-order valence-corrected chi connectivity index (χ4v) is 5.51. The Morgan fingerprint density at radius 1 is 0.733 bits per heavy atom. The topological polar surface area (TPSA) is 0 Å². The van der Waals surface area contributed by atoms with Crippen LogP contribution in [-0.4, -0.2) is 0 Å². The number of allylic oxidation sites excluding steroid dienone is 2. The van der Waals surface area contributed by atoms with Gasteiger partial charge in [0, 0.05) is 0 Å². The molecule has 160 valence electrons. The van der Waals surface area contributed by atoms with Crippen LogP contribution in [-0.2, 0) is 0 Å². The van der Waals surface area contributed by atoms with E-state index in [1.54, 1.807) is 11.1 Å². The fourth-order valence-electron chi connectivity index (χ4n) is 5.51. The summed E-state index contributed by atoms with van der Waals surface area (Å²) in [7, 11) is 0. The van der Waals surface area contributed by atoms with E-state index in [2.05, 4.69) is 68.5 Å². The van der Waals surface area contributed by atoms with Crippen LogP contribution >= 0.6 is 0 Å². The summed E-state index contributed by atoms with van der Waals surface area (Å²) in [5.74, 6) is 2.62. The molecular formula is C30H40. The zero-order valence-corrected chi connectivity index (χ0v) is 19.2. The first-order valence-corrected chi connectivity index (χ1v) is 12.6. The molecule has 0 aliphatic heterocycles. The van der Waals surface area contributed by atoms with Gasteiger partial charge in [-0.2, -0.15) is 0 Å². The van der Waals surface area contributed by atoms with Crippen LogP contribution in [0.2, 0.25) is 0 Å². The molecule has 2 aromatic carbocycles. The van der Waals surface area contributed by atoms with Crippen LogP contribution in [0.4, 0.5) is 0 Å². The summed E-state index contributed by atoms with van der Waals surface area (Å²) in [6.45, 7) is 4.70. The molecule has 0 saturated heterocycles. The summed E-state index contributed by atoms with van der Waals surface area (Å²) in [4.78, 5) is 0. The number of unbranched alkanes of at least 4 members (excludes halogenated alkanes) is 2. The van der Waals surface area contributed by atoms with Crippen molar-refractivity contribution in [2.45, 2.75) is 90.4 Å². The van der Waals surface area contributed by atoms with Crippen molar-refractivity contribution in [3.63, 3.8) is 0 Å². The van der Waals surface area contributed by atoms with Gasteiger partial charge in [0.05, 0.1) is 0 Å². The molecule has 0 aromatic heterocycles. The molecule has 0 radical (unpaired) electrons. The minimum Gasteiger partial charge on any atom is -0.0804 e. The summed E-state index contributed by atoms with van der Waals surface area (Å²) in [6, 6.07) is 18.8. The predicted molar refractivity (Wildman–Crippen MR) is 132 cm³/mol. The van der Waals surface area contributed by atoms with Gasteiger partial charge in [0.2, 0.25) is 0 Å². The molecule has 30 heavy (non-hydrogen) atoms. The van der Waals surface area contributed by atoms with E-state index in [1.165, 1.54) is 87.3 Å². The van der Waals surface area contributed by atoms with Crippen molar-refractivity contribution in [3.05, 3.63) is 65.7 Å². The number of rotatable bonds is 7. The van der Waals surface area contributed by atoms with Gasteiger partial charge in [-0.25, -0.2) is 0 Å². The van der Waals surface area contributed by atoms with Crippen molar-refractivity contribution in [2.75, 3.05) is 0 Å². The Morgan fingerprint density at radius 3 is 1.97 bits per heavy atom. The van der Waals surface area contributed by atoms with Gasteiger partial charge >= 0.3 is 0 Å². The highest BCUT2D eigenvalue weighted by molar-refractivity contribution is 5.71. The van der Waals surface area contributed by atoms with Gasteiger partial charge in [-0.3, -0.25) is 0 Å². The van der Waals surface area contributed by atoms with Gasteiger partial charge in [0.15, 0.2) is 0 Å². The first-order valence-electron chi connectivity index (χ1n) is 12.6. The van der Waals surface area contributed by atoms with Crippen molar-refractivity contribution in [3.8, 4) is 11.1 Å². The number of benzene rings is 2. The Labute approximate surface area is 184 Å². The van der Waals surface area contributed by atoms with Crippen LogP contribution in [0.25, 0.3) is 16.7 Å². The largest absolute Gasteiger partial charge is 0.0804 e. The van der Waals surface area contributed by atoms with Crippen LogP contribution in [0.1, 0.15) is 102 Å². The molecule has 1 unspecified atom stereocenters. The molecule has 1 saturated carbocycles. The molecule has 0 heteroatoms. The molecule has 1 fully saturated rings. The summed E-state index contributed by atoms with van der Waals surface area (Å²) in [6.07, 6.45) is 17.5. The van der Waals surface area contributed by atoms with Crippen LogP contribution in [0.3, 0.4) is 0 Å². The summed E-state index contributed by atoms with van der Waals surface area (Å²) >= 11 is 0. The lowest BCUT2D eigenvalue weighted by Gasteiger charge is -2.26. The van der Waals surface area contributed by atoms with E-state index in [0.29, 0.717) is 0 Å². The first-order chi connectivity index (χ1) is 14.7. The average molecular weight is 401 g/mol. The Bertz CT molecular complexity index is 800. The van der Waals surface area contributed by atoms with Gasteiger partial charge in [-0.15, -0.1) is 0 Å². The zero-order valence-electron chi connectivity index (χ0n) is 19.2. The van der Waals surface area contributed by atoms with Crippen LogP contribution in [0, 0.1) is 11.8 Å². The van der Waals surface area contributed by atoms with Crippen LogP contribution < -0.4 is 0 Å². The quantitative estimate of drug-likeness (QED) is 0.406. The Hall–Kier alpha value is -1.82. The predicted octanol–water partition coefficient (Wildman–Crippen LogP) is 9.41. The second-order valence-electron chi connectivity index (χ2n) is 10.0. The van der Waals surface area contributed by atoms with Gasteiger partial charge in [-0.1, -0.05) is 107 Å². The Kier molecular flexibility index (Phi) is 7.47. The smallest absolute Gasteiger partial charge is 0.0162 e. The molecule has 0 N–H and O–H groups in total. The summed E-state index contributed by atoms with van der Waals surface area (Å²) < 4.78 is 0. The first kappa shape index (κ1) is 21.4. The van der Waals surface area contributed by atoms with E-state index in [1.807, 2.05) is 0 Å². The van der Waals surface area contributed by atoms with Crippen LogP contribution in [0.5, 0.6) is 0 Å². The molecule has 0 spiro atoms. The second kappa shape index (κ2) is 10.5. The molecule has 2 aliphatic carbocycles. The van der Waals surface area contributed by atoms with Gasteiger partial charge in [-0.05, 0) is 77.7 Å². The zero-order chi connectivity index (χ0) is 20.8. The van der Waals surface area contributed by atoms with Gasteiger partial charge in [0.1, 0.15) is 0 Å². The third-order valence-electron chi connectivity index (χ3n) is 7.72. The monoisotopic (exact) mass is 400 g/mol. The average Bonchev–Trinajstić information content (AvgIpc) is 2.81. The van der Waals surface area contributed by atoms with E-state index >= 15 is 0 Å². The third kappa shape index (κ3) is 5.45. The van der Waals surface area contributed by atoms with E-state index < -0.39 is 0 Å². The highest BCUT2D eigenvalue weighted by Crippen LogP contribution is 2.37. The maximum atomic E-state index is 2.52. The third-order valence-corrected chi connectivity index (χ3v) is 7.72. The molecule has 4 rings (SSSR count). The maximum Gasteiger partial charge on any atom is -0.0162 e. The second-order valence-corrected chi connectivity index (χ2v) is 10.0. The van der Waals surface area contributed by atoms with E-state index in [0.717, 1.165) is 17.8 Å². The van der Waals surface area contributed by atoms with Crippen molar-refractivity contribution < 1.29 is 0 Å². The molecule has 0 heterocycles. The number of hydrogen-bond acceptors (Lipinski definition) is 0. The molecule has 0 bridgehead atoms. The lowest BCUT2D eigenvalue weighted by atomic mass is 9.79. The summed E-state index contributed by atoms with van der Waals surface area (Å²) in [5, 5.41) is 0. The van der Waals surface area contributed by atoms with Crippen molar-refractivity contribution >= 4 is 5.57 Å². The minimum absolute atomic E-state index is 0.779. The molecule has 1 atom stereocenters. The van der Waals surface area contributed by atoms with Crippen molar-refractivity contribution in [1.29, 1.82) is 0 Å². The van der Waals surface area contributed by atoms with E-state index in [9.17, 15) is 0 Å². The lowest BCUT2D eigenvalue weighted by molar-refractivity contribution is 0.348. The molecule has 2 aliphatic rings. The fraction of sp³-hybridized carbons (Fsp3) is 0.533. The van der Waals surface area contributed by atoms with Crippen molar-refractivity contribution in [1.82, 2.24) is 0 Å². The van der Waals surface area contributed by atoms with E-state index in [4.69, 9.17) is 0 Å². The normalized spacial score (nSPS) is 24.5. The van der Waals surface area contributed by atoms with Crippen molar-refractivity contribution in [2.24, 2.45) is 11.8 Å². The van der Waals surface area contributed by atoms with Gasteiger partial charge < -0.3 is 0 Å². The minimum atomic E-state index is 0.779. The number of hydrogen-bond donors (Lipinski definition) is 0. The Balaban J connectivity index is 1.36. The standard InChI is InChI=1S/C30H40/c1-3-4-5-6-24-9-13-26(14-10-24)28-17-21-30(22-18-28)29-19-15-27(16-20-29)25-11-7-23(2)8-12-25/h13,15-25H,3-12,14H2,1-2H3/t23-,24?,25-. The Morgan fingerprint density at radius 2 is 1.37 bits per heavy atom. The highest BCUT2D eigenvalue weighted by Gasteiger charge is 2.19. The molecule has 0 amide bonds. The molecule has 0 nitrogen and oxygen atoms in total. The molecular weight excluding hydrogens is 360 g/mol. The SMILES string of the molecule is CCCCCC1CC=C(c2ccc(-c3ccc([C@H]4CC[C@H](C)CC4)cc3)cc2)CC1.